The fourth-order valence-electron chi connectivity index (χ4n) is 1.63. The van der Waals surface area contributed by atoms with Gasteiger partial charge in [-0.05, 0) is 31.1 Å². The molecule has 1 heterocycles. The van der Waals surface area contributed by atoms with Crippen molar-refractivity contribution in [1.82, 2.24) is 0 Å². The number of rotatable bonds is 2. The molecule has 1 unspecified atom stereocenters. The molecule has 0 N–H and O–H groups in total. The molecule has 0 aliphatic carbocycles. The highest BCUT2D eigenvalue weighted by Crippen LogP contribution is 2.25. The minimum atomic E-state index is 0.517. The van der Waals surface area contributed by atoms with Crippen molar-refractivity contribution in [1.29, 1.82) is 0 Å². The molecule has 1 atom stereocenters. The molecule has 1 nitrogen and oxygen atoms in total. The zero-order valence-electron chi connectivity index (χ0n) is 7.89. The van der Waals surface area contributed by atoms with Crippen molar-refractivity contribution in [3.8, 4) is 0 Å². The van der Waals surface area contributed by atoms with Crippen molar-refractivity contribution < 1.29 is 4.74 Å². The molecule has 1 radical (unpaired) electrons. The lowest BCUT2D eigenvalue weighted by molar-refractivity contribution is 0.0134. The smallest absolute Gasteiger partial charge is 0.0583 e. The molecular weight excluding hydrogens is 136 g/mol. The van der Waals surface area contributed by atoms with Crippen LogP contribution in [0.15, 0.2) is 0 Å². The highest BCUT2D eigenvalue weighted by Gasteiger charge is 2.19. The van der Waals surface area contributed by atoms with Gasteiger partial charge in [-0.3, -0.25) is 0 Å². The van der Waals surface area contributed by atoms with Crippen LogP contribution >= 0.6 is 0 Å². The number of ether oxygens (including phenoxy) is 1. The Hall–Kier alpha value is -0.0400. The first-order chi connectivity index (χ1) is 5.18. The van der Waals surface area contributed by atoms with Crippen molar-refractivity contribution in [3.05, 3.63) is 5.92 Å². The fraction of sp³-hybridized carbons (Fsp3) is 0.900. The van der Waals surface area contributed by atoms with Crippen molar-refractivity contribution >= 4 is 0 Å². The van der Waals surface area contributed by atoms with Crippen LogP contribution in [-0.2, 0) is 4.74 Å². The third-order valence-corrected chi connectivity index (χ3v) is 2.19. The largest absolute Gasteiger partial charge is 0.378 e. The van der Waals surface area contributed by atoms with E-state index in [1.165, 1.54) is 19.3 Å². The maximum Gasteiger partial charge on any atom is 0.0583 e. The first-order valence-electron chi connectivity index (χ1n) is 4.61. The SMILES string of the molecule is C[C]1CCOC(CC(C)C)C1. The van der Waals surface area contributed by atoms with Gasteiger partial charge < -0.3 is 4.74 Å². The quantitative estimate of drug-likeness (QED) is 0.596. The van der Waals surface area contributed by atoms with E-state index in [0.29, 0.717) is 6.10 Å². The fourth-order valence-corrected chi connectivity index (χ4v) is 1.63. The van der Waals surface area contributed by atoms with Crippen LogP contribution in [0.3, 0.4) is 0 Å². The summed E-state index contributed by atoms with van der Waals surface area (Å²) in [5.41, 5.74) is 0. The van der Waals surface area contributed by atoms with Gasteiger partial charge in [0.05, 0.1) is 6.10 Å². The summed E-state index contributed by atoms with van der Waals surface area (Å²) in [5, 5.41) is 0. The second-order valence-electron chi connectivity index (χ2n) is 4.03. The second-order valence-corrected chi connectivity index (χ2v) is 4.03. The molecule has 65 valence electrons. The zero-order valence-corrected chi connectivity index (χ0v) is 7.89. The number of hydrogen-bond donors (Lipinski definition) is 0. The van der Waals surface area contributed by atoms with E-state index in [-0.39, 0.29) is 0 Å². The van der Waals surface area contributed by atoms with Crippen LogP contribution in [0.2, 0.25) is 0 Å². The van der Waals surface area contributed by atoms with Gasteiger partial charge in [-0.2, -0.15) is 0 Å². The van der Waals surface area contributed by atoms with Gasteiger partial charge >= 0.3 is 0 Å². The number of hydrogen-bond acceptors (Lipinski definition) is 1. The van der Waals surface area contributed by atoms with Gasteiger partial charge in [0.2, 0.25) is 0 Å². The third-order valence-electron chi connectivity index (χ3n) is 2.19. The summed E-state index contributed by atoms with van der Waals surface area (Å²) in [6.45, 7) is 7.71. The van der Waals surface area contributed by atoms with Crippen LogP contribution in [0.1, 0.15) is 40.0 Å². The summed E-state index contributed by atoms with van der Waals surface area (Å²) in [7, 11) is 0. The average molecular weight is 155 g/mol. The molecule has 1 fully saturated rings. The van der Waals surface area contributed by atoms with E-state index in [9.17, 15) is 0 Å². The van der Waals surface area contributed by atoms with Crippen molar-refractivity contribution in [2.75, 3.05) is 6.61 Å². The van der Waals surface area contributed by atoms with Gasteiger partial charge in [0.15, 0.2) is 0 Å². The van der Waals surface area contributed by atoms with Crippen LogP contribution in [0.25, 0.3) is 0 Å². The van der Waals surface area contributed by atoms with Gasteiger partial charge in [0.1, 0.15) is 0 Å². The van der Waals surface area contributed by atoms with E-state index in [4.69, 9.17) is 4.74 Å². The summed E-state index contributed by atoms with van der Waals surface area (Å²) < 4.78 is 5.64. The van der Waals surface area contributed by atoms with Crippen molar-refractivity contribution in [2.24, 2.45) is 5.92 Å². The summed E-state index contributed by atoms with van der Waals surface area (Å²) in [5.74, 6) is 2.38. The van der Waals surface area contributed by atoms with E-state index in [0.717, 1.165) is 12.5 Å². The van der Waals surface area contributed by atoms with Gasteiger partial charge in [0, 0.05) is 6.61 Å². The van der Waals surface area contributed by atoms with E-state index < -0.39 is 0 Å². The van der Waals surface area contributed by atoms with Crippen molar-refractivity contribution in [3.63, 3.8) is 0 Å². The van der Waals surface area contributed by atoms with Crippen LogP contribution < -0.4 is 0 Å². The zero-order chi connectivity index (χ0) is 8.27. The lowest BCUT2D eigenvalue weighted by atomic mass is 9.93. The summed E-state index contributed by atoms with van der Waals surface area (Å²) >= 11 is 0. The molecule has 1 saturated heterocycles. The maximum absolute atomic E-state index is 5.64. The lowest BCUT2D eigenvalue weighted by Gasteiger charge is -2.28. The first-order valence-corrected chi connectivity index (χ1v) is 4.61. The molecule has 0 bridgehead atoms. The lowest BCUT2D eigenvalue weighted by Crippen LogP contribution is -2.24. The maximum atomic E-state index is 5.64. The molecule has 1 rings (SSSR count). The van der Waals surface area contributed by atoms with Crippen LogP contribution in [-0.4, -0.2) is 12.7 Å². The third kappa shape index (κ3) is 3.24. The predicted octanol–water partition coefficient (Wildman–Crippen LogP) is 2.81. The Balaban J connectivity index is 2.23. The minimum Gasteiger partial charge on any atom is -0.378 e. The molecule has 11 heavy (non-hydrogen) atoms. The summed E-state index contributed by atoms with van der Waals surface area (Å²) in [6, 6.07) is 0. The monoisotopic (exact) mass is 155 g/mol. The molecule has 0 saturated carbocycles. The van der Waals surface area contributed by atoms with Crippen LogP contribution in [0, 0.1) is 11.8 Å². The Labute approximate surface area is 70.1 Å². The van der Waals surface area contributed by atoms with Gasteiger partial charge in [0.25, 0.3) is 0 Å². The standard InChI is InChI=1S/C10H19O/c1-8(2)6-10-7-9(3)4-5-11-10/h8,10H,4-7H2,1-3H3. The van der Waals surface area contributed by atoms with Gasteiger partial charge in [-0.1, -0.05) is 20.8 Å². The summed E-state index contributed by atoms with van der Waals surface area (Å²) in [4.78, 5) is 0. The first kappa shape index (κ1) is 9.05. The predicted molar refractivity (Wildman–Crippen MR) is 47.3 cm³/mol. The molecule has 0 aromatic carbocycles. The highest BCUT2D eigenvalue weighted by atomic mass is 16.5. The van der Waals surface area contributed by atoms with Crippen LogP contribution in [0.5, 0.6) is 0 Å². The van der Waals surface area contributed by atoms with E-state index >= 15 is 0 Å². The molecule has 1 aliphatic rings. The van der Waals surface area contributed by atoms with Gasteiger partial charge in [-0.15, -0.1) is 0 Å². The van der Waals surface area contributed by atoms with Gasteiger partial charge in [-0.25, -0.2) is 0 Å². The molecule has 0 spiro atoms. The normalized spacial score (nSPS) is 27.8. The Kier molecular flexibility index (Phi) is 3.38. The Morgan fingerprint density at radius 1 is 1.55 bits per heavy atom. The molecular formula is C10H19O. The molecule has 0 aromatic heterocycles. The average Bonchev–Trinajstić information content (AvgIpc) is 1.85. The Bertz CT molecular complexity index is 107. The van der Waals surface area contributed by atoms with E-state index in [1.807, 2.05) is 0 Å². The molecule has 1 aliphatic heterocycles. The topological polar surface area (TPSA) is 9.23 Å². The van der Waals surface area contributed by atoms with E-state index in [1.54, 1.807) is 5.92 Å². The Morgan fingerprint density at radius 2 is 2.27 bits per heavy atom. The molecule has 0 amide bonds. The minimum absolute atomic E-state index is 0.517. The Morgan fingerprint density at radius 3 is 2.82 bits per heavy atom. The highest BCUT2D eigenvalue weighted by molar-refractivity contribution is 4.90. The summed E-state index contributed by atoms with van der Waals surface area (Å²) in [6.07, 6.45) is 4.10. The second kappa shape index (κ2) is 4.10. The molecule has 1 heteroatoms. The molecule has 0 aromatic rings. The van der Waals surface area contributed by atoms with E-state index in [2.05, 4.69) is 20.8 Å². The van der Waals surface area contributed by atoms with Crippen molar-refractivity contribution in [2.45, 2.75) is 46.1 Å². The van der Waals surface area contributed by atoms with Crippen LogP contribution in [0.4, 0.5) is 0 Å².